The Labute approximate surface area is 165 Å². The molecule has 2 heteroatoms. The molecule has 0 fully saturated rings. The average molecular weight is 369 g/mol. The van der Waals surface area contributed by atoms with Crippen molar-refractivity contribution >= 4 is 0 Å². The molecule has 0 amide bonds. The Morgan fingerprint density at radius 3 is 1.19 bits per heavy atom. The lowest BCUT2D eigenvalue weighted by Gasteiger charge is -2.28. The zero-order valence-electron chi connectivity index (χ0n) is 18.3. The van der Waals surface area contributed by atoms with Gasteiger partial charge in [0.25, 0.3) is 0 Å². The lowest BCUT2D eigenvalue weighted by Crippen LogP contribution is -2.19. The summed E-state index contributed by atoms with van der Waals surface area (Å²) in [5.74, 6) is 0. The van der Waals surface area contributed by atoms with Gasteiger partial charge < -0.3 is 10.2 Å². The molecule has 0 radical (unpaired) electrons. The van der Waals surface area contributed by atoms with Gasteiger partial charge in [-0.1, -0.05) is 65.8 Å². The number of hydrogen-bond acceptors (Lipinski definition) is 2. The summed E-state index contributed by atoms with van der Waals surface area (Å²) in [7, 11) is 0. The Morgan fingerprint density at radius 1 is 0.593 bits per heavy atom. The van der Waals surface area contributed by atoms with E-state index in [1.165, 1.54) is 22.3 Å². The summed E-state index contributed by atoms with van der Waals surface area (Å²) in [4.78, 5) is 0. The molecule has 0 saturated heterocycles. The van der Waals surface area contributed by atoms with Crippen molar-refractivity contribution in [2.24, 2.45) is 0 Å². The van der Waals surface area contributed by atoms with Gasteiger partial charge in [0.1, 0.15) is 0 Å². The van der Waals surface area contributed by atoms with Crippen LogP contribution in [0.3, 0.4) is 0 Å². The molecule has 0 bridgehead atoms. The fraction of sp³-hybridized carbons (Fsp3) is 0.520. The van der Waals surface area contributed by atoms with Crippen LogP contribution in [-0.4, -0.2) is 10.2 Å². The normalized spacial score (nSPS) is 12.5. The van der Waals surface area contributed by atoms with E-state index in [0.29, 0.717) is 0 Å². The highest BCUT2D eigenvalue weighted by atomic mass is 16.3. The van der Waals surface area contributed by atoms with Gasteiger partial charge in [0.05, 0.1) is 13.2 Å². The maximum atomic E-state index is 9.71. The zero-order valence-corrected chi connectivity index (χ0v) is 18.3. The predicted molar refractivity (Wildman–Crippen MR) is 114 cm³/mol. The van der Waals surface area contributed by atoms with E-state index in [9.17, 15) is 10.2 Å². The molecule has 148 valence electrons. The third kappa shape index (κ3) is 4.80. The molecular formula is C25H36O2. The van der Waals surface area contributed by atoms with Crippen molar-refractivity contribution in [2.45, 2.75) is 85.9 Å². The maximum Gasteiger partial charge on any atom is 0.0684 e. The summed E-state index contributed by atoms with van der Waals surface area (Å²) in [6.07, 6.45) is 0.859. The van der Waals surface area contributed by atoms with Crippen LogP contribution in [0, 0.1) is 13.8 Å². The summed E-state index contributed by atoms with van der Waals surface area (Å²) < 4.78 is 0. The summed E-state index contributed by atoms with van der Waals surface area (Å²) in [5, 5.41) is 19.4. The van der Waals surface area contributed by atoms with Crippen molar-refractivity contribution in [3.63, 3.8) is 0 Å². The van der Waals surface area contributed by atoms with Crippen LogP contribution in [-0.2, 0) is 30.5 Å². The molecule has 0 spiro atoms. The van der Waals surface area contributed by atoms with E-state index in [2.05, 4.69) is 79.7 Å². The Hall–Kier alpha value is -1.64. The van der Waals surface area contributed by atoms with Gasteiger partial charge in [0.15, 0.2) is 0 Å². The topological polar surface area (TPSA) is 40.5 Å². The Kier molecular flexibility index (Phi) is 6.23. The summed E-state index contributed by atoms with van der Waals surface area (Å²) in [6, 6.07) is 8.84. The molecule has 27 heavy (non-hydrogen) atoms. The molecule has 2 nitrogen and oxygen atoms in total. The summed E-state index contributed by atoms with van der Waals surface area (Å²) in [6.45, 7) is 17.7. The number of aliphatic hydroxyl groups excluding tert-OH is 2. The van der Waals surface area contributed by atoms with Crippen LogP contribution in [0.5, 0.6) is 0 Å². The fourth-order valence-corrected chi connectivity index (χ4v) is 3.86. The smallest absolute Gasteiger partial charge is 0.0684 e. The van der Waals surface area contributed by atoms with Gasteiger partial charge >= 0.3 is 0 Å². The van der Waals surface area contributed by atoms with Crippen molar-refractivity contribution in [1.29, 1.82) is 0 Å². The molecule has 0 aromatic heterocycles. The number of aryl methyl sites for hydroxylation is 2. The number of benzene rings is 2. The first-order valence-corrected chi connectivity index (χ1v) is 9.86. The molecule has 2 rings (SSSR count). The van der Waals surface area contributed by atoms with Crippen molar-refractivity contribution in [3.05, 3.63) is 68.8 Å². The fourth-order valence-electron chi connectivity index (χ4n) is 3.86. The average Bonchev–Trinajstić information content (AvgIpc) is 2.52. The first-order valence-electron chi connectivity index (χ1n) is 9.86. The first-order chi connectivity index (χ1) is 12.4. The van der Waals surface area contributed by atoms with E-state index in [-0.39, 0.29) is 24.0 Å². The SMILES string of the molecule is Cc1cc(Cc2cc(C)c(CO)cc2C(C)(C)C)c(C(C)(C)C)cc1CO. The third-order valence-electron chi connectivity index (χ3n) is 5.46. The largest absolute Gasteiger partial charge is 0.392 e. The van der Waals surface area contributed by atoms with Gasteiger partial charge in [-0.25, -0.2) is 0 Å². The molecule has 0 aliphatic rings. The molecular weight excluding hydrogens is 332 g/mol. The molecule has 0 aliphatic heterocycles. The minimum absolute atomic E-state index is 0.00886. The van der Waals surface area contributed by atoms with E-state index in [0.717, 1.165) is 28.7 Å². The number of aliphatic hydroxyl groups is 2. The van der Waals surface area contributed by atoms with E-state index in [4.69, 9.17) is 0 Å². The molecule has 0 unspecified atom stereocenters. The van der Waals surface area contributed by atoms with Crippen LogP contribution in [0.2, 0.25) is 0 Å². The highest BCUT2D eigenvalue weighted by molar-refractivity contribution is 5.48. The molecule has 2 N–H and O–H groups in total. The monoisotopic (exact) mass is 368 g/mol. The third-order valence-corrected chi connectivity index (χ3v) is 5.46. The van der Waals surface area contributed by atoms with E-state index in [1.54, 1.807) is 0 Å². The van der Waals surface area contributed by atoms with E-state index in [1.807, 2.05) is 0 Å². The Morgan fingerprint density at radius 2 is 0.926 bits per heavy atom. The Balaban J connectivity index is 2.66. The predicted octanol–water partition coefficient (Wildman–Crippen LogP) is 5.47. The minimum atomic E-state index is 0.00886. The molecule has 0 aliphatic carbocycles. The van der Waals surface area contributed by atoms with Crippen LogP contribution >= 0.6 is 0 Å². The Bertz CT molecular complexity index is 748. The van der Waals surface area contributed by atoms with Gasteiger partial charge in [0.2, 0.25) is 0 Å². The summed E-state index contributed by atoms with van der Waals surface area (Å²) in [5.41, 5.74) is 9.53. The first kappa shape index (κ1) is 21.7. The van der Waals surface area contributed by atoms with Crippen LogP contribution < -0.4 is 0 Å². The second-order valence-corrected chi connectivity index (χ2v) is 9.86. The highest BCUT2D eigenvalue weighted by Crippen LogP contribution is 2.34. The van der Waals surface area contributed by atoms with Crippen molar-refractivity contribution in [1.82, 2.24) is 0 Å². The van der Waals surface area contributed by atoms with Gasteiger partial charge in [-0.05, 0) is 75.6 Å². The van der Waals surface area contributed by atoms with Crippen LogP contribution in [0.4, 0.5) is 0 Å². The lowest BCUT2D eigenvalue weighted by molar-refractivity contribution is 0.280. The molecule has 2 aromatic rings. The highest BCUT2D eigenvalue weighted by Gasteiger charge is 2.23. The summed E-state index contributed by atoms with van der Waals surface area (Å²) >= 11 is 0. The minimum Gasteiger partial charge on any atom is -0.392 e. The van der Waals surface area contributed by atoms with Gasteiger partial charge in [-0.15, -0.1) is 0 Å². The van der Waals surface area contributed by atoms with E-state index >= 15 is 0 Å². The van der Waals surface area contributed by atoms with Gasteiger partial charge in [0, 0.05) is 0 Å². The zero-order chi connectivity index (χ0) is 20.6. The molecule has 2 aromatic carbocycles. The second kappa shape index (κ2) is 7.77. The van der Waals surface area contributed by atoms with Crippen molar-refractivity contribution in [3.8, 4) is 0 Å². The number of rotatable bonds is 4. The number of hydrogen-bond donors (Lipinski definition) is 2. The maximum absolute atomic E-state index is 9.71. The molecule has 0 heterocycles. The quantitative estimate of drug-likeness (QED) is 0.751. The standard InChI is InChI=1S/C25H36O2/c1-16-9-18(22(24(3,4)5)12-20(16)14-26)11-19-10-17(2)21(15-27)13-23(19)25(6,7)8/h9-10,12-13,26-27H,11,14-15H2,1-8H3. The van der Waals surface area contributed by atoms with Crippen LogP contribution in [0.25, 0.3) is 0 Å². The molecule has 0 saturated carbocycles. The van der Waals surface area contributed by atoms with Crippen LogP contribution in [0.1, 0.15) is 86.1 Å². The van der Waals surface area contributed by atoms with Crippen LogP contribution in [0.15, 0.2) is 24.3 Å². The second-order valence-electron chi connectivity index (χ2n) is 9.86. The van der Waals surface area contributed by atoms with Crippen molar-refractivity contribution < 1.29 is 10.2 Å². The molecule has 0 atom stereocenters. The van der Waals surface area contributed by atoms with Gasteiger partial charge in [-0.2, -0.15) is 0 Å². The lowest BCUT2D eigenvalue weighted by atomic mass is 9.77. The van der Waals surface area contributed by atoms with E-state index < -0.39 is 0 Å². The van der Waals surface area contributed by atoms with Crippen molar-refractivity contribution in [2.75, 3.05) is 0 Å². The van der Waals surface area contributed by atoms with Gasteiger partial charge in [-0.3, -0.25) is 0 Å².